The lowest BCUT2D eigenvalue weighted by atomic mass is 9.73. The fourth-order valence-corrected chi connectivity index (χ4v) is 5.35. The molecule has 4 nitrogen and oxygen atoms in total. The van der Waals surface area contributed by atoms with E-state index < -0.39 is 30.9 Å². The van der Waals surface area contributed by atoms with Gasteiger partial charge in [-0.3, -0.25) is 0 Å². The Morgan fingerprint density at radius 2 is 0.800 bits per heavy atom. The molecule has 0 atom stereocenters. The van der Waals surface area contributed by atoms with Gasteiger partial charge in [0.1, 0.15) is 0 Å². The first kappa shape index (κ1) is 16.1. The van der Waals surface area contributed by atoms with Gasteiger partial charge in [0.2, 0.25) is 0 Å². The van der Waals surface area contributed by atoms with Crippen LogP contribution in [0.1, 0.15) is 51.4 Å². The van der Waals surface area contributed by atoms with E-state index in [1.54, 1.807) is 0 Å². The van der Waals surface area contributed by atoms with E-state index in [4.69, 9.17) is 0 Å². The SMILES string of the molecule is O=S(=O)(F)C1CCC(C2CCC(S(=O)(=O)F)CC2)CC1. The highest BCUT2D eigenvalue weighted by atomic mass is 32.3. The minimum absolute atomic E-state index is 0.316. The van der Waals surface area contributed by atoms with Crippen molar-refractivity contribution in [2.45, 2.75) is 61.9 Å². The van der Waals surface area contributed by atoms with Crippen LogP contribution in [0.4, 0.5) is 7.77 Å². The molecule has 0 heterocycles. The molecular weight excluding hydrogens is 310 g/mol. The van der Waals surface area contributed by atoms with E-state index in [1.807, 2.05) is 0 Å². The van der Waals surface area contributed by atoms with Crippen LogP contribution in [-0.4, -0.2) is 27.3 Å². The van der Waals surface area contributed by atoms with Crippen molar-refractivity contribution in [1.29, 1.82) is 0 Å². The van der Waals surface area contributed by atoms with Gasteiger partial charge in [0.05, 0.1) is 10.5 Å². The van der Waals surface area contributed by atoms with Crippen LogP contribution >= 0.6 is 0 Å². The maximum absolute atomic E-state index is 12.9. The van der Waals surface area contributed by atoms with Crippen LogP contribution < -0.4 is 0 Å². The van der Waals surface area contributed by atoms with Gasteiger partial charge in [-0.1, -0.05) is 0 Å². The molecule has 8 heteroatoms. The van der Waals surface area contributed by atoms with Crippen molar-refractivity contribution in [3.63, 3.8) is 0 Å². The molecule has 0 amide bonds. The number of rotatable bonds is 3. The molecule has 0 aromatic heterocycles. The Balaban J connectivity index is 1.85. The molecule has 0 bridgehead atoms. The first-order valence-electron chi connectivity index (χ1n) is 7.05. The normalized spacial score (nSPS) is 36.7. The summed E-state index contributed by atoms with van der Waals surface area (Å²) in [6, 6.07) is 0. The standard InChI is InChI=1S/C12H20F2O4S2/c13-19(15,16)11-5-1-9(2-6-11)10-3-7-12(8-4-10)20(14,17)18/h9-12H,1-8H2. The van der Waals surface area contributed by atoms with Crippen molar-refractivity contribution in [1.82, 2.24) is 0 Å². The number of hydrogen-bond acceptors (Lipinski definition) is 4. The summed E-state index contributed by atoms with van der Waals surface area (Å²) in [4.78, 5) is 0. The lowest BCUT2D eigenvalue weighted by molar-refractivity contribution is 0.196. The van der Waals surface area contributed by atoms with Gasteiger partial charge in [0.25, 0.3) is 0 Å². The third-order valence-electron chi connectivity index (χ3n) is 4.90. The van der Waals surface area contributed by atoms with Crippen molar-refractivity contribution in [3.8, 4) is 0 Å². The highest BCUT2D eigenvalue weighted by Crippen LogP contribution is 2.41. The quantitative estimate of drug-likeness (QED) is 0.746. The monoisotopic (exact) mass is 330 g/mol. The summed E-state index contributed by atoms with van der Waals surface area (Å²) in [5.41, 5.74) is 0. The van der Waals surface area contributed by atoms with Crippen LogP contribution in [0.25, 0.3) is 0 Å². The Bertz CT molecular complexity index is 478. The molecule has 0 radical (unpaired) electrons. The predicted molar refractivity (Wildman–Crippen MR) is 71.5 cm³/mol. The van der Waals surface area contributed by atoms with Crippen molar-refractivity contribution in [2.75, 3.05) is 0 Å². The van der Waals surface area contributed by atoms with Gasteiger partial charge < -0.3 is 0 Å². The van der Waals surface area contributed by atoms with Gasteiger partial charge in [-0.15, -0.1) is 7.77 Å². The average molecular weight is 330 g/mol. The first-order chi connectivity index (χ1) is 9.18. The first-order valence-corrected chi connectivity index (χ1v) is 9.94. The van der Waals surface area contributed by atoms with Gasteiger partial charge in [-0.25, -0.2) is 0 Å². The minimum Gasteiger partial charge on any atom is -0.195 e. The summed E-state index contributed by atoms with van der Waals surface area (Å²) in [5, 5.41) is -1.75. The second-order valence-electron chi connectivity index (χ2n) is 6.02. The maximum Gasteiger partial charge on any atom is 0.305 e. The van der Waals surface area contributed by atoms with E-state index in [9.17, 15) is 24.6 Å². The van der Waals surface area contributed by atoms with E-state index in [2.05, 4.69) is 0 Å². The molecule has 2 fully saturated rings. The molecular formula is C12H20F2O4S2. The molecule has 20 heavy (non-hydrogen) atoms. The van der Waals surface area contributed by atoms with E-state index >= 15 is 0 Å². The zero-order valence-electron chi connectivity index (χ0n) is 11.2. The lowest BCUT2D eigenvalue weighted by Crippen LogP contribution is -2.32. The zero-order chi connectivity index (χ0) is 15.0. The van der Waals surface area contributed by atoms with Gasteiger partial charge in [0.15, 0.2) is 0 Å². The van der Waals surface area contributed by atoms with E-state index in [0.29, 0.717) is 63.2 Å². The second-order valence-corrected chi connectivity index (χ2v) is 9.26. The molecule has 0 aromatic carbocycles. The molecule has 0 aliphatic heterocycles. The van der Waals surface area contributed by atoms with Crippen molar-refractivity contribution in [2.24, 2.45) is 11.8 Å². The largest absolute Gasteiger partial charge is 0.305 e. The summed E-state index contributed by atoms with van der Waals surface area (Å²) in [5.74, 6) is 0.632. The Hall–Kier alpha value is -0.240. The Labute approximate surface area is 119 Å². The zero-order valence-corrected chi connectivity index (χ0v) is 12.8. The van der Waals surface area contributed by atoms with Crippen LogP contribution in [-0.2, 0) is 20.4 Å². The van der Waals surface area contributed by atoms with E-state index in [0.717, 1.165) is 0 Å². The third-order valence-corrected chi connectivity index (χ3v) is 7.44. The summed E-state index contributed by atoms with van der Waals surface area (Å²) in [6.45, 7) is 0. The third kappa shape index (κ3) is 3.90. The number of hydrogen-bond donors (Lipinski definition) is 0. The molecule has 2 aliphatic carbocycles. The molecule has 2 aliphatic rings. The van der Waals surface area contributed by atoms with Crippen molar-refractivity contribution in [3.05, 3.63) is 0 Å². The molecule has 0 spiro atoms. The van der Waals surface area contributed by atoms with Crippen LogP contribution in [0.3, 0.4) is 0 Å². The molecule has 2 rings (SSSR count). The van der Waals surface area contributed by atoms with Crippen LogP contribution in [0.2, 0.25) is 0 Å². The Morgan fingerprint density at radius 3 is 1.00 bits per heavy atom. The lowest BCUT2D eigenvalue weighted by Gasteiger charge is -2.36. The Morgan fingerprint density at radius 1 is 0.550 bits per heavy atom. The minimum atomic E-state index is -4.44. The van der Waals surface area contributed by atoms with E-state index in [-0.39, 0.29) is 0 Å². The average Bonchev–Trinajstić information content (AvgIpc) is 2.37. The summed E-state index contributed by atoms with van der Waals surface area (Å²) < 4.78 is 69.2. The maximum atomic E-state index is 12.9. The van der Waals surface area contributed by atoms with Gasteiger partial charge in [0, 0.05) is 0 Å². The van der Waals surface area contributed by atoms with E-state index in [1.165, 1.54) is 0 Å². The summed E-state index contributed by atoms with van der Waals surface area (Å²) >= 11 is 0. The second kappa shape index (κ2) is 5.87. The fourth-order valence-electron chi connectivity index (χ4n) is 3.68. The van der Waals surface area contributed by atoms with Crippen molar-refractivity contribution < 1.29 is 24.6 Å². The van der Waals surface area contributed by atoms with Crippen LogP contribution in [0.5, 0.6) is 0 Å². The summed E-state index contributed by atoms with van der Waals surface area (Å²) in [6.07, 6.45) is 3.99. The Kier molecular flexibility index (Phi) is 4.73. The van der Waals surface area contributed by atoms with Crippen LogP contribution in [0.15, 0.2) is 0 Å². The van der Waals surface area contributed by atoms with Gasteiger partial charge >= 0.3 is 20.4 Å². The van der Waals surface area contributed by atoms with Gasteiger partial charge in [-0.2, -0.15) is 16.8 Å². The predicted octanol–water partition coefficient (Wildman–Crippen LogP) is 2.70. The molecule has 118 valence electrons. The molecule has 2 saturated carbocycles. The van der Waals surface area contributed by atoms with Crippen LogP contribution in [0, 0.1) is 11.8 Å². The molecule has 0 aromatic rings. The highest BCUT2D eigenvalue weighted by Gasteiger charge is 2.37. The highest BCUT2D eigenvalue weighted by molar-refractivity contribution is 7.87. The topological polar surface area (TPSA) is 68.3 Å². The molecule has 0 unspecified atom stereocenters. The molecule has 0 N–H and O–H groups in total. The number of halogens is 2. The van der Waals surface area contributed by atoms with Gasteiger partial charge in [-0.05, 0) is 63.2 Å². The fraction of sp³-hybridized carbons (Fsp3) is 1.00. The summed E-state index contributed by atoms with van der Waals surface area (Å²) in [7, 11) is -8.87. The molecule has 0 saturated heterocycles. The smallest absolute Gasteiger partial charge is 0.195 e. The van der Waals surface area contributed by atoms with Crippen molar-refractivity contribution >= 4 is 20.4 Å².